The molecule has 2 aromatic carbocycles. The Balaban J connectivity index is 1.63. The van der Waals surface area contributed by atoms with Gasteiger partial charge in [0.2, 0.25) is 0 Å². The first-order chi connectivity index (χ1) is 17.0. The van der Waals surface area contributed by atoms with Crippen molar-refractivity contribution in [1.82, 2.24) is 10.2 Å². The number of nitrogens with zero attached hydrogens (tertiary/aromatic N) is 2. The maximum absolute atomic E-state index is 13.5. The summed E-state index contributed by atoms with van der Waals surface area (Å²) in [7, 11) is 1.56. The van der Waals surface area contributed by atoms with Crippen LogP contribution in [-0.2, 0) is 12.0 Å². The summed E-state index contributed by atoms with van der Waals surface area (Å²) in [4.78, 5) is 29.8. The average Bonchev–Trinajstić information content (AvgIpc) is 3.46. The number of carbonyl (C=O) groups is 2. The lowest BCUT2D eigenvalue weighted by molar-refractivity contribution is 0.0953. The minimum atomic E-state index is -0.336. The number of anilines is 1. The maximum Gasteiger partial charge on any atom is 0.254 e. The van der Waals surface area contributed by atoms with E-state index in [1.165, 1.54) is 0 Å². The van der Waals surface area contributed by atoms with Gasteiger partial charge in [0.25, 0.3) is 5.91 Å². The first-order valence-corrected chi connectivity index (χ1v) is 12.6. The fourth-order valence-corrected chi connectivity index (χ4v) is 4.97. The number of phenolic OH excluding ortho intramolecular Hbond substituents is 1. The number of amidine groups is 1. The predicted octanol–water partition coefficient (Wildman–Crippen LogP) is 4.07. The molecule has 1 fully saturated rings. The molecule has 3 N–H and O–H groups in total. The third-order valence-electron chi connectivity index (χ3n) is 6.91. The molecule has 0 atom stereocenters. The molecular weight excluding hydrogens is 456 g/mol. The number of carbonyl (C=O) groups excluding carboxylic acids is 2. The number of ketones is 1. The van der Waals surface area contributed by atoms with Crippen molar-refractivity contribution in [3.05, 3.63) is 52.1 Å². The number of hydrogen-bond donors (Lipinski definition) is 3. The van der Waals surface area contributed by atoms with Crippen LogP contribution < -0.4 is 15.0 Å². The number of benzene rings is 2. The number of rotatable bonds is 7. The van der Waals surface area contributed by atoms with E-state index in [1.807, 2.05) is 27.7 Å². The molecule has 0 unspecified atom stereocenters. The van der Waals surface area contributed by atoms with Crippen LogP contribution in [0.1, 0.15) is 77.9 Å². The summed E-state index contributed by atoms with van der Waals surface area (Å²) in [6.07, 6.45) is 2.13. The second-order valence-corrected chi connectivity index (χ2v) is 10.5. The van der Waals surface area contributed by atoms with Crippen molar-refractivity contribution >= 4 is 23.2 Å². The van der Waals surface area contributed by atoms with Crippen molar-refractivity contribution in [2.45, 2.75) is 52.5 Å². The molecule has 2 aromatic rings. The van der Waals surface area contributed by atoms with Gasteiger partial charge in [-0.25, -0.2) is 0 Å². The summed E-state index contributed by atoms with van der Waals surface area (Å²) >= 11 is 0. The smallest absolute Gasteiger partial charge is 0.254 e. The first-order valence-electron chi connectivity index (χ1n) is 12.6. The lowest BCUT2D eigenvalue weighted by atomic mass is 9.84. The molecule has 0 aromatic heterocycles. The molecule has 2 heterocycles. The summed E-state index contributed by atoms with van der Waals surface area (Å²) in [5, 5.41) is 22.4. The van der Waals surface area contributed by atoms with E-state index in [1.54, 1.807) is 36.2 Å². The highest BCUT2D eigenvalue weighted by Gasteiger charge is 2.31. The van der Waals surface area contributed by atoms with Gasteiger partial charge in [0.05, 0.1) is 24.4 Å². The number of phenols is 1. The summed E-state index contributed by atoms with van der Waals surface area (Å²) in [5.41, 5.74) is 3.50. The molecule has 8 heteroatoms. The molecule has 0 bridgehead atoms. The van der Waals surface area contributed by atoms with Crippen LogP contribution in [0, 0.1) is 5.41 Å². The van der Waals surface area contributed by atoms with Gasteiger partial charge >= 0.3 is 0 Å². The van der Waals surface area contributed by atoms with Crippen molar-refractivity contribution < 1.29 is 19.4 Å². The van der Waals surface area contributed by atoms with E-state index < -0.39 is 0 Å². The number of aromatic hydroxyl groups is 1. The molecule has 2 aliphatic heterocycles. The van der Waals surface area contributed by atoms with Crippen LogP contribution >= 0.6 is 0 Å². The Morgan fingerprint density at radius 2 is 1.83 bits per heavy atom. The number of Topliss-reactive ketones (excluding diaryl/α,β-unsaturated/α-hetero) is 1. The van der Waals surface area contributed by atoms with Gasteiger partial charge in [-0.2, -0.15) is 0 Å². The van der Waals surface area contributed by atoms with Gasteiger partial charge in [-0.05, 0) is 55.0 Å². The fraction of sp³-hybridized carbons (Fsp3) is 0.464. The van der Waals surface area contributed by atoms with Crippen molar-refractivity contribution in [2.24, 2.45) is 0 Å². The van der Waals surface area contributed by atoms with Gasteiger partial charge in [0.15, 0.2) is 5.78 Å². The molecule has 0 spiro atoms. The van der Waals surface area contributed by atoms with Gasteiger partial charge in [-0.1, -0.05) is 20.8 Å². The Kier molecular flexibility index (Phi) is 6.98. The van der Waals surface area contributed by atoms with Crippen LogP contribution in [-0.4, -0.2) is 60.8 Å². The van der Waals surface area contributed by atoms with Gasteiger partial charge in [-0.15, -0.1) is 0 Å². The second-order valence-electron chi connectivity index (χ2n) is 10.5. The zero-order valence-electron chi connectivity index (χ0n) is 21.8. The quantitative estimate of drug-likeness (QED) is 0.503. The number of fused-ring (bicyclic) bond motifs is 1. The number of ether oxygens (including phenoxy) is 1. The minimum absolute atomic E-state index is 0.0284. The lowest BCUT2D eigenvalue weighted by Gasteiger charge is -2.27. The molecule has 0 radical (unpaired) electrons. The van der Waals surface area contributed by atoms with E-state index in [4.69, 9.17) is 10.1 Å². The van der Waals surface area contributed by atoms with Crippen LogP contribution in [0.2, 0.25) is 0 Å². The molecule has 36 heavy (non-hydrogen) atoms. The van der Waals surface area contributed by atoms with Crippen molar-refractivity contribution in [1.29, 1.82) is 5.41 Å². The van der Waals surface area contributed by atoms with Crippen LogP contribution in [0.15, 0.2) is 24.3 Å². The Hall–Kier alpha value is -3.55. The zero-order chi connectivity index (χ0) is 26.2. The summed E-state index contributed by atoms with van der Waals surface area (Å²) in [6.45, 7) is 10.5. The topological polar surface area (TPSA) is 106 Å². The van der Waals surface area contributed by atoms with E-state index in [0.717, 1.165) is 37.1 Å². The predicted molar refractivity (Wildman–Crippen MR) is 141 cm³/mol. The van der Waals surface area contributed by atoms with Crippen LogP contribution in [0.25, 0.3) is 0 Å². The Morgan fingerprint density at radius 1 is 1.14 bits per heavy atom. The first kappa shape index (κ1) is 25.5. The third kappa shape index (κ3) is 4.76. The van der Waals surface area contributed by atoms with Crippen LogP contribution in [0.5, 0.6) is 11.5 Å². The SMILES string of the molecule is CCOc1cc2c(cc1C(=O)NC)C(=N)N(CC(=O)c1cc(N3CCCC3)c(O)c(C(C)(C)C)c1)C2. The monoisotopic (exact) mass is 492 g/mol. The molecule has 8 nitrogen and oxygen atoms in total. The maximum atomic E-state index is 13.5. The lowest BCUT2D eigenvalue weighted by Crippen LogP contribution is -2.30. The molecule has 192 valence electrons. The Bertz CT molecular complexity index is 1210. The summed E-state index contributed by atoms with van der Waals surface area (Å²) in [5.74, 6) is 0.528. The summed E-state index contributed by atoms with van der Waals surface area (Å²) < 4.78 is 5.68. The number of hydrogen-bond acceptors (Lipinski definition) is 6. The van der Waals surface area contributed by atoms with E-state index in [-0.39, 0.29) is 35.2 Å². The molecule has 1 saturated heterocycles. The zero-order valence-corrected chi connectivity index (χ0v) is 21.8. The third-order valence-corrected chi connectivity index (χ3v) is 6.91. The van der Waals surface area contributed by atoms with E-state index >= 15 is 0 Å². The largest absolute Gasteiger partial charge is 0.505 e. The molecule has 0 aliphatic carbocycles. The Labute approximate surface area is 212 Å². The van der Waals surface area contributed by atoms with Crippen molar-refractivity contribution in [2.75, 3.05) is 38.2 Å². The highest BCUT2D eigenvalue weighted by atomic mass is 16.5. The van der Waals surface area contributed by atoms with Crippen molar-refractivity contribution in [3.63, 3.8) is 0 Å². The van der Waals surface area contributed by atoms with Gasteiger partial charge in [0, 0.05) is 43.4 Å². The minimum Gasteiger partial charge on any atom is -0.505 e. The van der Waals surface area contributed by atoms with Crippen LogP contribution in [0.3, 0.4) is 0 Å². The van der Waals surface area contributed by atoms with Gasteiger partial charge in [0.1, 0.15) is 17.3 Å². The molecule has 2 aliphatic rings. The molecule has 1 amide bonds. The average molecular weight is 493 g/mol. The van der Waals surface area contributed by atoms with Crippen LogP contribution in [0.4, 0.5) is 5.69 Å². The second kappa shape index (κ2) is 9.84. The van der Waals surface area contributed by atoms with E-state index in [9.17, 15) is 14.7 Å². The summed E-state index contributed by atoms with van der Waals surface area (Å²) in [6, 6.07) is 7.06. The number of nitrogens with one attached hydrogen (secondary N) is 2. The normalized spacial score (nSPS) is 15.3. The van der Waals surface area contributed by atoms with Gasteiger partial charge < -0.3 is 25.0 Å². The molecule has 4 rings (SSSR count). The van der Waals surface area contributed by atoms with E-state index in [0.29, 0.717) is 41.3 Å². The molecule has 0 saturated carbocycles. The highest BCUT2D eigenvalue weighted by Crippen LogP contribution is 2.40. The number of amides is 1. The fourth-order valence-electron chi connectivity index (χ4n) is 4.97. The van der Waals surface area contributed by atoms with E-state index in [2.05, 4.69) is 10.2 Å². The standard InChI is InChI=1S/C28H36N4O4/c1-6-36-24-13-18-15-32(26(29)19(18)14-20(24)27(35)30-5)16-23(33)17-11-21(28(2,3)4)25(34)22(12-17)31-9-7-8-10-31/h11-14,29,34H,6-10,15-16H2,1-5H3,(H,30,35). The van der Waals surface area contributed by atoms with Gasteiger partial charge in [-0.3, -0.25) is 15.0 Å². The molecular formula is C28H36N4O4. The van der Waals surface area contributed by atoms with Crippen molar-refractivity contribution in [3.8, 4) is 11.5 Å². The highest BCUT2D eigenvalue weighted by molar-refractivity contribution is 6.08. The Morgan fingerprint density at radius 3 is 2.44 bits per heavy atom.